The lowest BCUT2D eigenvalue weighted by Crippen LogP contribution is -2.40. The number of thioether (sulfide) groups is 1. The Kier molecular flexibility index (Phi) is 2.56. The molecule has 0 aliphatic carbocycles. The first-order valence-electron chi connectivity index (χ1n) is 4.35. The Bertz CT molecular complexity index is 301. The maximum absolute atomic E-state index is 12.9. The van der Waals surface area contributed by atoms with Gasteiger partial charge in [-0.1, -0.05) is 12.1 Å². The van der Waals surface area contributed by atoms with Crippen molar-refractivity contribution < 1.29 is 4.39 Å². The van der Waals surface area contributed by atoms with E-state index < -0.39 is 0 Å². The van der Waals surface area contributed by atoms with Crippen molar-refractivity contribution in [2.75, 3.05) is 12.8 Å². The highest BCUT2D eigenvalue weighted by atomic mass is 32.2. The van der Waals surface area contributed by atoms with Crippen LogP contribution in [0.2, 0.25) is 0 Å². The standard InChI is InChI=1S/C10H12FNS/c1-12-9-6-13-10(9)7-3-2-4-8(11)5-7/h2-5,9-10,12H,6H2,1H3. The zero-order valence-electron chi connectivity index (χ0n) is 7.46. The van der Waals surface area contributed by atoms with Crippen LogP contribution in [0.5, 0.6) is 0 Å². The molecule has 3 heteroatoms. The van der Waals surface area contributed by atoms with Crippen LogP contribution in [0.3, 0.4) is 0 Å². The molecule has 1 aliphatic heterocycles. The molecular weight excluding hydrogens is 185 g/mol. The Morgan fingerprint density at radius 2 is 2.38 bits per heavy atom. The summed E-state index contributed by atoms with van der Waals surface area (Å²) in [7, 11) is 1.96. The van der Waals surface area contributed by atoms with Gasteiger partial charge < -0.3 is 5.32 Å². The van der Waals surface area contributed by atoms with E-state index in [1.54, 1.807) is 12.1 Å². The number of nitrogens with one attached hydrogen (secondary N) is 1. The molecule has 1 aliphatic rings. The maximum Gasteiger partial charge on any atom is 0.123 e. The van der Waals surface area contributed by atoms with Crippen LogP contribution in [0.1, 0.15) is 10.8 Å². The van der Waals surface area contributed by atoms with Crippen LogP contribution in [-0.2, 0) is 0 Å². The molecule has 0 radical (unpaired) electrons. The Labute approximate surface area is 81.7 Å². The highest BCUT2D eigenvalue weighted by Gasteiger charge is 2.31. The SMILES string of the molecule is CNC1CSC1c1cccc(F)c1. The zero-order chi connectivity index (χ0) is 9.26. The minimum absolute atomic E-state index is 0.139. The Morgan fingerprint density at radius 1 is 1.54 bits per heavy atom. The van der Waals surface area contributed by atoms with Gasteiger partial charge in [-0.05, 0) is 24.7 Å². The summed E-state index contributed by atoms with van der Waals surface area (Å²) in [5.74, 6) is 0.984. The van der Waals surface area contributed by atoms with Crippen molar-refractivity contribution in [3.8, 4) is 0 Å². The van der Waals surface area contributed by atoms with Crippen LogP contribution in [0.4, 0.5) is 4.39 Å². The van der Waals surface area contributed by atoms with Crippen LogP contribution in [-0.4, -0.2) is 18.8 Å². The molecule has 2 atom stereocenters. The smallest absolute Gasteiger partial charge is 0.123 e. The molecule has 1 saturated heterocycles. The highest BCUT2D eigenvalue weighted by molar-refractivity contribution is 8.01. The molecule has 2 rings (SSSR count). The first-order valence-corrected chi connectivity index (χ1v) is 5.40. The van der Waals surface area contributed by atoms with Crippen molar-refractivity contribution in [3.05, 3.63) is 35.6 Å². The topological polar surface area (TPSA) is 12.0 Å². The molecule has 70 valence electrons. The average Bonchev–Trinajstić information content (AvgIpc) is 2.03. The third kappa shape index (κ3) is 1.71. The second kappa shape index (κ2) is 3.68. The van der Waals surface area contributed by atoms with Gasteiger partial charge in [0.2, 0.25) is 0 Å². The number of hydrogen-bond acceptors (Lipinski definition) is 2. The number of likely N-dealkylation sites (N-methyl/N-ethyl adjacent to an activating group) is 1. The summed E-state index contributed by atoms with van der Waals surface area (Å²) >= 11 is 1.87. The molecule has 0 saturated carbocycles. The number of hydrogen-bond donors (Lipinski definition) is 1. The molecule has 1 aromatic rings. The first kappa shape index (κ1) is 9.03. The minimum Gasteiger partial charge on any atom is -0.315 e. The second-order valence-electron chi connectivity index (χ2n) is 3.20. The first-order chi connectivity index (χ1) is 6.31. The summed E-state index contributed by atoms with van der Waals surface area (Å²) < 4.78 is 12.9. The summed E-state index contributed by atoms with van der Waals surface area (Å²) in [4.78, 5) is 0. The van der Waals surface area contributed by atoms with Gasteiger partial charge in [0, 0.05) is 17.0 Å². The Morgan fingerprint density at radius 3 is 2.92 bits per heavy atom. The number of rotatable bonds is 2. The van der Waals surface area contributed by atoms with E-state index in [1.165, 1.54) is 6.07 Å². The molecule has 13 heavy (non-hydrogen) atoms. The summed E-state index contributed by atoms with van der Waals surface area (Å²) in [5, 5.41) is 3.66. The maximum atomic E-state index is 12.9. The largest absolute Gasteiger partial charge is 0.315 e. The Balaban J connectivity index is 2.16. The van der Waals surface area contributed by atoms with Crippen LogP contribution in [0.15, 0.2) is 24.3 Å². The number of halogens is 1. The fourth-order valence-corrected chi connectivity index (χ4v) is 2.75. The minimum atomic E-state index is -0.139. The van der Waals surface area contributed by atoms with Gasteiger partial charge in [-0.15, -0.1) is 0 Å². The third-order valence-corrected chi connectivity index (χ3v) is 3.88. The fourth-order valence-electron chi connectivity index (χ4n) is 1.54. The van der Waals surface area contributed by atoms with E-state index in [4.69, 9.17) is 0 Å². The predicted octanol–water partition coefficient (Wildman–Crippen LogP) is 2.20. The van der Waals surface area contributed by atoms with Gasteiger partial charge in [0.1, 0.15) is 5.82 Å². The van der Waals surface area contributed by atoms with Crippen LogP contribution in [0.25, 0.3) is 0 Å². The van der Waals surface area contributed by atoms with E-state index in [-0.39, 0.29) is 5.82 Å². The number of benzene rings is 1. The van der Waals surface area contributed by atoms with Gasteiger partial charge in [0.25, 0.3) is 0 Å². The van der Waals surface area contributed by atoms with E-state index in [2.05, 4.69) is 5.32 Å². The van der Waals surface area contributed by atoms with Crippen LogP contribution >= 0.6 is 11.8 Å². The van der Waals surface area contributed by atoms with Crippen molar-refractivity contribution in [3.63, 3.8) is 0 Å². The van der Waals surface area contributed by atoms with Crippen LogP contribution in [0, 0.1) is 5.82 Å². The molecule has 1 aromatic carbocycles. The summed E-state index contributed by atoms with van der Waals surface area (Å²) in [6, 6.07) is 7.38. The van der Waals surface area contributed by atoms with Gasteiger partial charge in [-0.3, -0.25) is 0 Å². The van der Waals surface area contributed by atoms with Gasteiger partial charge >= 0.3 is 0 Å². The lowest BCUT2D eigenvalue weighted by atomic mass is 10.1. The predicted molar refractivity (Wildman–Crippen MR) is 54.4 cm³/mol. The average molecular weight is 197 g/mol. The van der Waals surface area contributed by atoms with Crippen molar-refractivity contribution in [1.82, 2.24) is 5.32 Å². The summed E-state index contributed by atoms with van der Waals surface area (Å²) in [6.07, 6.45) is 0. The van der Waals surface area contributed by atoms with Crippen molar-refractivity contribution in [2.24, 2.45) is 0 Å². The summed E-state index contributed by atoms with van der Waals surface area (Å²) in [6.45, 7) is 0. The zero-order valence-corrected chi connectivity index (χ0v) is 8.27. The van der Waals surface area contributed by atoms with Crippen molar-refractivity contribution >= 4 is 11.8 Å². The quantitative estimate of drug-likeness (QED) is 0.780. The fraction of sp³-hybridized carbons (Fsp3) is 0.400. The lowest BCUT2D eigenvalue weighted by Gasteiger charge is -2.36. The van der Waals surface area contributed by atoms with E-state index in [1.807, 2.05) is 24.9 Å². The molecule has 0 bridgehead atoms. The molecule has 0 spiro atoms. The lowest BCUT2D eigenvalue weighted by molar-refractivity contribution is 0.567. The van der Waals surface area contributed by atoms with Gasteiger partial charge in [0.05, 0.1) is 0 Å². The van der Waals surface area contributed by atoms with Gasteiger partial charge in [-0.25, -0.2) is 4.39 Å². The molecule has 0 aromatic heterocycles. The van der Waals surface area contributed by atoms with E-state index in [9.17, 15) is 4.39 Å². The highest BCUT2D eigenvalue weighted by Crippen LogP contribution is 2.42. The normalized spacial score (nSPS) is 26.9. The molecule has 1 heterocycles. The van der Waals surface area contributed by atoms with Crippen molar-refractivity contribution in [2.45, 2.75) is 11.3 Å². The Hall–Kier alpha value is -0.540. The van der Waals surface area contributed by atoms with Crippen LogP contribution < -0.4 is 5.32 Å². The molecule has 0 amide bonds. The summed E-state index contributed by atoms with van der Waals surface area (Å²) in [5.41, 5.74) is 1.09. The molecule has 2 unspecified atom stereocenters. The second-order valence-corrected chi connectivity index (χ2v) is 4.38. The van der Waals surface area contributed by atoms with E-state index in [0.717, 1.165) is 11.3 Å². The van der Waals surface area contributed by atoms with Gasteiger partial charge in [-0.2, -0.15) is 11.8 Å². The molecule has 1 fully saturated rings. The van der Waals surface area contributed by atoms with Crippen molar-refractivity contribution in [1.29, 1.82) is 0 Å². The molecule has 1 N–H and O–H groups in total. The molecular formula is C10H12FNS. The third-order valence-electron chi connectivity index (χ3n) is 2.37. The monoisotopic (exact) mass is 197 g/mol. The van der Waals surface area contributed by atoms with E-state index >= 15 is 0 Å². The van der Waals surface area contributed by atoms with Gasteiger partial charge in [0.15, 0.2) is 0 Å². The van der Waals surface area contributed by atoms with E-state index in [0.29, 0.717) is 11.3 Å². The molecule has 1 nitrogen and oxygen atoms in total.